The van der Waals surface area contributed by atoms with Crippen LogP contribution in [0.5, 0.6) is 0 Å². The number of ketones is 1. The molecular weight excluding hydrogens is 1080 g/mol. The van der Waals surface area contributed by atoms with E-state index >= 15 is 0 Å². The number of hydrogen-bond acceptors (Lipinski definition) is 14. The van der Waals surface area contributed by atoms with Crippen LogP contribution >= 0.6 is 0 Å². The first-order valence-electron chi connectivity index (χ1n) is 30.4. The molecule has 0 radical (unpaired) electrons. The van der Waals surface area contributed by atoms with Gasteiger partial charge in [0.25, 0.3) is 0 Å². The lowest BCUT2D eigenvalue weighted by atomic mass is 9.92. The van der Waals surface area contributed by atoms with Crippen molar-refractivity contribution in [1.82, 2.24) is 57.7 Å². The highest BCUT2D eigenvalue weighted by atomic mass is 16.3. The highest BCUT2D eigenvalue weighted by molar-refractivity contribution is 6.01. The van der Waals surface area contributed by atoms with Gasteiger partial charge in [-0.25, -0.2) is 0 Å². The van der Waals surface area contributed by atoms with Crippen LogP contribution in [0, 0.1) is 17.8 Å². The van der Waals surface area contributed by atoms with Gasteiger partial charge in [-0.3, -0.25) is 52.7 Å². The highest BCUT2D eigenvalue weighted by Crippen LogP contribution is 2.24. The van der Waals surface area contributed by atoms with E-state index in [1.54, 1.807) is 46.6 Å². The Kier molecular flexibility index (Phi) is 31.8. The number of carbonyl (C=O) groups excluding carboxylic acids is 11. The number of aliphatic hydroxyl groups is 2. The fraction of sp³-hybridized carbons (Fsp3) is 0.817. The van der Waals surface area contributed by atoms with Crippen LogP contribution in [0.15, 0.2) is 0 Å². The van der Waals surface area contributed by atoms with Gasteiger partial charge in [0, 0.05) is 44.4 Å². The topological polar surface area (TPSA) is 343 Å². The number of likely N-dealkylation sites (tertiary alicyclic amines) is 1. The first kappa shape index (κ1) is 76.3. The number of aliphatic hydroxyl groups excluding tert-OH is 2. The number of unbranched alkanes of at least 4 members (excludes halogenated alkanes) is 5. The first-order valence-corrected chi connectivity index (χ1v) is 30.4. The lowest BCUT2D eigenvalue weighted by Crippen LogP contribution is -2.66. The van der Waals surface area contributed by atoms with Crippen LogP contribution in [0.3, 0.4) is 0 Å². The fourth-order valence-corrected chi connectivity index (χ4v) is 9.62. The van der Waals surface area contributed by atoms with E-state index in [0.717, 1.165) is 32.1 Å². The predicted molar refractivity (Wildman–Crippen MR) is 321 cm³/mol. The largest absolute Gasteiger partial charge is 0.395 e. The summed E-state index contributed by atoms with van der Waals surface area (Å²) in [5.74, 6) is -7.78. The van der Waals surface area contributed by atoms with Crippen LogP contribution in [0.2, 0.25) is 0 Å². The average molecular weight is 1190 g/mol. The minimum Gasteiger partial charge on any atom is -0.395 e. The van der Waals surface area contributed by atoms with Gasteiger partial charge in [0.05, 0.1) is 12.7 Å². The molecule has 0 aromatic heterocycles. The van der Waals surface area contributed by atoms with Crippen molar-refractivity contribution in [1.29, 1.82) is 0 Å². The summed E-state index contributed by atoms with van der Waals surface area (Å²) in [6.45, 7) is 28.0. The zero-order valence-electron chi connectivity index (χ0n) is 54.1. The van der Waals surface area contributed by atoms with Crippen LogP contribution in [-0.4, -0.2) is 183 Å². The van der Waals surface area contributed by atoms with Crippen LogP contribution in [0.25, 0.3) is 0 Å². The van der Waals surface area contributed by atoms with E-state index in [0.29, 0.717) is 38.9 Å². The molecule has 84 heavy (non-hydrogen) atoms. The van der Waals surface area contributed by atoms with Gasteiger partial charge < -0.3 is 67.9 Å². The minimum atomic E-state index is -1.70. The maximum Gasteiger partial charge on any atom is 0.246 e. The van der Waals surface area contributed by atoms with Crippen LogP contribution < -0.4 is 47.9 Å². The Labute approximate surface area is 500 Å². The van der Waals surface area contributed by atoms with Crippen molar-refractivity contribution in [3.05, 3.63) is 0 Å². The third-order valence-corrected chi connectivity index (χ3v) is 15.2. The maximum atomic E-state index is 14.1. The number of nitrogens with zero attached hydrogens (tertiary/aromatic N) is 2. The molecule has 0 unspecified atom stereocenters. The van der Waals surface area contributed by atoms with Crippen LogP contribution in [0.1, 0.15) is 201 Å². The normalized spacial score (nSPS) is 16.8. The molecule has 24 heteroatoms. The van der Waals surface area contributed by atoms with Crippen LogP contribution in [-0.2, 0) is 52.7 Å². The Morgan fingerprint density at radius 3 is 1.58 bits per heavy atom. The summed E-state index contributed by atoms with van der Waals surface area (Å²) in [6, 6.07) is -6.07. The Morgan fingerprint density at radius 2 is 1.08 bits per heavy atom. The number of amides is 10. The lowest BCUT2D eigenvalue weighted by molar-refractivity contribution is -0.142. The van der Waals surface area contributed by atoms with Gasteiger partial charge in [0.2, 0.25) is 59.1 Å². The fourth-order valence-electron chi connectivity index (χ4n) is 9.62. The van der Waals surface area contributed by atoms with Gasteiger partial charge in [-0.1, -0.05) is 80.1 Å². The number of likely N-dealkylation sites (N-methyl/N-ethyl adjacent to an activating group) is 1. The molecule has 482 valence electrons. The van der Waals surface area contributed by atoms with Gasteiger partial charge >= 0.3 is 0 Å². The SMILES string of the molecule is CCCCCCCC[C@@H](C)C(=O)N1CCC[C@H]1C(=O)N[C@@H](C[C@H](C)C[C@H](O)CC(=O)CC)C(=O)N[C@@H](C)C(=O)NC(C)(C)C(=O)NC(C)(C)C(=O)N[C@H](C(=O)N[C@@H](C)C(=O)NC(C)(C)C(=O)NC(C)(C)C(=O)N[C@@H](C)CN(C)CCO)C(C)C. The van der Waals surface area contributed by atoms with Crippen molar-refractivity contribution < 1.29 is 63.0 Å². The minimum absolute atomic E-state index is 0.0189. The number of Topliss-reactive ketones (excluding diaryl/α,β-unsaturated/α-hetero) is 1. The molecule has 9 atom stereocenters. The molecular formula is C60H109N11O13. The molecule has 1 aliphatic heterocycles. The second-order valence-corrected chi connectivity index (χ2v) is 25.9. The third kappa shape index (κ3) is 25.8. The molecule has 24 nitrogen and oxygen atoms in total. The Balaban J connectivity index is 3.10. The molecule has 0 spiro atoms. The summed E-state index contributed by atoms with van der Waals surface area (Å²) in [7, 11) is 1.79. The smallest absolute Gasteiger partial charge is 0.246 e. The van der Waals surface area contributed by atoms with Gasteiger partial charge in [-0.15, -0.1) is 0 Å². The summed E-state index contributed by atoms with van der Waals surface area (Å²) < 4.78 is 0. The molecule has 1 fully saturated rings. The second kappa shape index (κ2) is 35.0. The molecule has 10 amide bonds. The molecule has 11 N–H and O–H groups in total. The maximum absolute atomic E-state index is 14.1. The zero-order valence-corrected chi connectivity index (χ0v) is 54.1. The van der Waals surface area contributed by atoms with Crippen molar-refractivity contribution in [2.75, 3.05) is 33.3 Å². The van der Waals surface area contributed by atoms with E-state index < -0.39 is 118 Å². The summed E-state index contributed by atoms with van der Waals surface area (Å²) in [6.07, 6.45) is 7.54. The summed E-state index contributed by atoms with van der Waals surface area (Å²) >= 11 is 0. The molecule has 0 bridgehead atoms. The monoisotopic (exact) mass is 1190 g/mol. The van der Waals surface area contributed by atoms with E-state index in [-0.39, 0.29) is 61.9 Å². The number of hydrogen-bond donors (Lipinski definition) is 11. The summed E-state index contributed by atoms with van der Waals surface area (Å²) in [4.78, 5) is 153. The third-order valence-electron chi connectivity index (χ3n) is 15.2. The standard InChI is InChI=1S/C60H109N11O13/c1-19-21-22-23-24-25-27-38(6)52(80)71-29-26-28-45(71)50(78)64-44(33-37(5)32-43(74)34-42(73)20-2)49(77)62-40(8)47(75)66-60(16,17)56(84)69-58(12,13)54(82)65-46(36(3)4)51(79)63-41(9)48(76)67-59(14,15)55(83)68-57(10,11)53(81)61-39(7)35-70(18)30-31-72/h36-41,43-46,72,74H,19-35H2,1-18H3,(H,61,81)(H,62,77)(H,63,79)(H,64,78)(H,65,82)(H,66,75)(H,67,76)(H,68,83)(H,69,84)/t37-,38-,39+,40+,41+,43+,44+,45+,46+/m1/s1. The van der Waals surface area contributed by atoms with E-state index in [1.165, 1.54) is 75.7 Å². The Hall–Kier alpha value is -5.75. The molecule has 0 aromatic carbocycles. The number of rotatable bonds is 38. The number of carbonyl (C=O) groups is 11. The Bertz CT molecular complexity index is 2240. The summed E-state index contributed by atoms with van der Waals surface area (Å²) in [5, 5.41) is 43.9. The van der Waals surface area contributed by atoms with Gasteiger partial charge in [0.1, 0.15) is 58.1 Å². The molecule has 1 aliphatic rings. The average Bonchev–Trinajstić information content (AvgIpc) is 4.03. The summed E-state index contributed by atoms with van der Waals surface area (Å²) in [5.41, 5.74) is -6.36. The molecule has 0 aromatic rings. The second-order valence-electron chi connectivity index (χ2n) is 25.9. The van der Waals surface area contributed by atoms with E-state index in [1.807, 2.05) is 11.8 Å². The molecule has 1 heterocycles. The van der Waals surface area contributed by atoms with E-state index in [9.17, 15) is 63.0 Å². The predicted octanol–water partition coefficient (Wildman–Crippen LogP) is 2.15. The zero-order chi connectivity index (χ0) is 64.7. The molecule has 1 rings (SSSR count). The van der Waals surface area contributed by atoms with Gasteiger partial charge in [-0.05, 0) is 127 Å². The quantitative estimate of drug-likeness (QED) is 0.0395. The van der Waals surface area contributed by atoms with Crippen molar-refractivity contribution in [3.8, 4) is 0 Å². The molecule has 0 aliphatic carbocycles. The van der Waals surface area contributed by atoms with Crippen molar-refractivity contribution >= 4 is 64.9 Å². The van der Waals surface area contributed by atoms with Crippen LogP contribution in [0.4, 0.5) is 0 Å². The van der Waals surface area contributed by atoms with Crippen molar-refractivity contribution in [2.24, 2.45) is 17.8 Å². The van der Waals surface area contributed by atoms with Gasteiger partial charge in [-0.2, -0.15) is 0 Å². The van der Waals surface area contributed by atoms with Crippen molar-refractivity contribution in [2.45, 2.75) is 266 Å². The van der Waals surface area contributed by atoms with Gasteiger partial charge in [0.15, 0.2) is 0 Å². The van der Waals surface area contributed by atoms with E-state index in [2.05, 4.69) is 54.8 Å². The first-order chi connectivity index (χ1) is 38.8. The lowest BCUT2D eigenvalue weighted by Gasteiger charge is -2.34. The molecule has 0 saturated carbocycles. The van der Waals surface area contributed by atoms with E-state index in [4.69, 9.17) is 0 Å². The number of nitrogens with one attached hydrogen (secondary N) is 9. The molecule has 1 saturated heterocycles. The highest BCUT2D eigenvalue weighted by Gasteiger charge is 2.43. The Morgan fingerprint density at radius 1 is 0.595 bits per heavy atom. The van der Waals surface area contributed by atoms with Crippen molar-refractivity contribution in [3.63, 3.8) is 0 Å².